The van der Waals surface area contributed by atoms with E-state index in [2.05, 4.69) is 4.98 Å². The average molecular weight is 270 g/mol. The Morgan fingerprint density at radius 3 is 2.94 bits per heavy atom. The second-order valence-electron chi connectivity index (χ2n) is 5.03. The minimum atomic E-state index is -3.42. The van der Waals surface area contributed by atoms with Crippen molar-refractivity contribution in [2.75, 3.05) is 13.1 Å². The molecule has 2 aliphatic rings. The van der Waals surface area contributed by atoms with Crippen molar-refractivity contribution in [3.63, 3.8) is 0 Å². The molecule has 0 radical (unpaired) electrons. The van der Waals surface area contributed by atoms with Gasteiger partial charge in [-0.15, -0.1) is 0 Å². The summed E-state index contributed by atoms with van der Waals surface area (Å²) in [5.74, 6) is 0.884. The van der Waals surface area contributed by atoms with E-state index < -0.39 is 10.0 Å². The molecule has 1 aromatic rings. The van der Waals surface area contributed by atoms with Crippen LogP contribution in [-0.4, -0.2) is 41.4 Å². The summed E-state index contributed by atoms with van der Waals surface area (Å²) in [4.78, 5) is 4.20. The van der Waals surface area contributed by atoms with Crippen LogP contribution in [0.25, 0.3) is 0 Å². The van der Waals surface area contributed by atoms with Crippen LogP contribution in [0.4, 0.5) is 0 Å². The van der Waals surface area contributed by atoms with Gasteiger partial charge >= 0.3 is 0 Å². The maximum Gasteiger partial charge on any atom is 0.260 e. The average Bonchev–Trinajstić information content (AvgIpc) is 2.90. The van der Waals surface area contributed by atoms with Crippen LogP contribution in [0.5, 0.6) is 0 Å². The Morgan fingerprint density at radius 1 is 1.33 bits per heavy atom. The van der Waals surface area contributed by atoms with Crippen LogP contribution < -0.4 is 5.73 Å². The number of hydrogen-bond donors (Lipinski definition) is 1. The molecule has 1 saturated heterocycles. The highest BCUT2D eigenvalue weighted by atomic mass is 32.2. The van der Waals surface area contributed by atoms with Gasteiger partial charge < -0.3 is 10.3 Å². The summed E-state index contributed by atoms with van der Waals surface area (Å²) in [6, 6.07) is -0.0468. The van der Waals surface area contributed by atoms with Crippen molar-refractivity contribution in [3.8, 4) is 0 Å². The normalized spacial score (nSPS) is 25.3. The molecule has 0 aliphatic carbocycles. The van der Waals surface area contributed by atoms with Gasteiger partial charge in [-0.2, -0.15) is 4.31 Å². The first-order valence-electron chi connectivity index (χ1n) is 6.39. The molecule has 1 aromatic heterocycles. The number of fused-ring (bicyclic) bond motifs is 1. The molecule has 100 valence electrons. The fourth-order valence-electron chi connectivity index (χ4n) is 2.76. The van der Waals surface area contributed by atoms with E-state index in [4.69, 9.17) is 5.73 Å². The third-order valence-corrected chi connectivity index (χ3v) is 5.57. The molecule has 0 aromatic carbocycles. The number of nitrogens with two attached hydrogens (primary N) is 1. The predicted octanol–water partition coefficient (Wildman–Crippen LogP) is -0.0589. The van der Waals surface area contributed by atoms with Gasteiger partial charge in [0.2, 0.25) is 0 Å². The van der Waals surface area contributed by atoms with Crippen molar-refractivity contribution in [3.05, 3.63) is 12.0 Å². The second-order valence-corrected chi connectivity index (χ2v) is 6.92. The highest BCUT2D eigenvalue weighted by molar-refractivity contribution is 7.89. The van der Waals surface area contributed by atoms with E-state index in [0.29, 0.717) is 18.1 Å². The number of aryl methyl sites for hydroxylation is 1. The van der Waals surface area contributed by atoms with Crippen LogP contribution in [-0.2, 0) is 23.0 Å². The highest BCUT2D eigenvalue weighted by Gasteiger charge is 2.33. The minimum Gasteiger partial charge on any atom is -0.327 e. The first kappa shape index (κ1) is 12.1. The first-order valence-corrected chi connectivity index (χ1v) is 7.83. The summed E-state index contributed by atoms with van der Waals surface area (Å²) in [5, 5.41) is 0.337. The van der Waals surface area contributed by atoms with Gasteiger partial charge in [-0.25, -0.2) is 13.4 Å². The van der Waals surface area contributed by atoms with Crippen LogP contribution in [0.15, 0.2) is 11.2 Å². The fraction of sp³-hybridized carbons (Fsp3) is 0.727. The topological polar surface area (TPSA) is 81.2 Å². The minimum absolute atomic E-state index is 0.0468. The summed E-state index contributed by atoms with van der Waals surface area (Å²) in [7, 11) is -3.42. The van der Waals surface area contributed by atoms with Gasteiger partial charge in [-0.3, -0.25) is 0 Å². The lowest BCUT2D eigenvalue weighted by Gasteiger charge is -2.29. The Kier molecular flexibility index (Phi) is 2.91. The molecule has 3 heterocycles. The van der Waals surface area contributed by atoms with Gasteiger partial charge in [0.25, 0.3) is 10.0 Å². The van der Waals surface area contributed by atoms with Crippen LogP contribution >= 0.6 is 0 Å². The van der Waals surface area contributed by atoms with Crippen molar-refractivity contribution in [1.82, 2.24) is 13.9 Å². The van der Waals surface area contributed by atoms with Crippen molar-refractivity contribution >= 4 is 10.0 Å². The maximum absolute atomic E-state index is 12.6. The summed E-state index contributed by atoms with van der Waals surface area (Å²) >= 11 is 0. The van der Waals surface area contributed by atoms with Gasteiger partial charge in [0.15, 0.2) is 5.03 Å². The molecule has 2 aliphatic heterocycles. The number of nitrogens with zero attached hydrogens (tertiary/aromatic N) is 3. The lowest BCUT2D eigenvalue weighted by molar-refractivity contribution is 0.314. The lowest BCUT2D eigenvalue weighted by Crippen LogP contribution is -2.46. The zero-order valence-electron chi connectivity index (χ0n) is 10.2. The molecule has 0 amide bonds. The number of rotatable bonds is 2. The first-order chi connectivity index (χ1) is 8.59. The molecule has 18 heavy (non-hydrogen) atoms. The Balaban J connectivity index is 1.94. The summed E-state index contributed by atoms with van der Waals surface area (Å²) < 4.78 is 28.5. The van der Waals surface area contributed by atoms with E-state index in [1.54, 1.807) is 0 Å². The SMILES string of the molecule is NC1CCCN(S(=O)(=O)c2cnc3n2CCC3)C1. The van der Waals surface area contributed by atoms with Gasteiger partial charge in [0.05, 0.1) is 6.20 Å². The number of hydrogen-bond acceptors (Lipinski definition) is 4. The summed E-state index contributed by atoms with van der Waals surface area (Å²) in [6.45, 7) is 1.74. The Hall–Kier alpha value is -0.920. The molecular formula is C11H18N4O2S. The van der Waals surface area contributed by atoms with E-state index in [0.717, 1.165) is 38.1 Å². The zero-order valence-corrected chi connectivity index (χ0v) is 11.1. The molecule has 6 nitrogen and oxygen atoms in total. The number of imidazole rings is 1. The molecule has 1 fully saturated rings. The van der Waals surface area contributed by atoms with Crippen LogP contribution in [0, 0.1) is 0 Å². The summed E-state index contributed by atoms with van der Waals surface area (Å²) in [5.41, 5.74) is 5.86. The van der Waals surface area contributed by atoms with Crippen molar-refractivity contribution in [2.45, 2.75) is 43.3 Å². The Bertz CT molecular complexity index is 551. The molecule has 0 spiro atoms. The maximum atomic E-state index is 12.6. The zero-order chi connectivity index (χ0) is 12.8. The van der Waals surface area contributed by atoms with E-state index in [-0.39, 0.29) is 6.04 Å². The molecule has 7 heteroatoms. The second kappa shape index (κ2) is 4.32. The smallest absolute Gasteiger partial charge is 0.260 e. The highest BCUT2D eigenvalue weighted by Crippen LogP contribution is 2.24. The van der Waals surface area contributed by atoms with Crippen molar-refractivity contribution in [2.24, 2.45) is 5.73 Å². The molecule has 0 saturated carbocycles. The number of sulfonamides is 1. The molecule has 3 rings (SSSR count). The van der Waals surface area contributed by atoms with Crippen molar-refractivity contribution in [1.29, 1.82) is 0 Å². The third kappa shape index (κ3) is 1.86. The Labute approximate surface area is 107 Å². The van der Waals surface area contributed by atoms with E-state index in [1.165, 1.54) is 10.5 Å². The number of piperidine rings is 1. The van der Waals surface area contributed by atoms with Crippen molar-refractivity contribution < 1.29 is 8.42 Å². The lowest BCUT2D eigenvalue weighted by atomic mass is 10.1. The van der Waals surface area contributed by atoms with E-state index in [9.17, 15) is 8.42 Å². The summed E-state index contributed by atoms with van der Waals surface area (Å²) in [6.07, 6.45) is 5.07. The van der Waals surface area contributed by atoms with Gasteiger partial charge in [-0.05, 0) is 19.3 Å². The van der Waals surface area contributed by atoms with Gasteiger partial charge in [0.1, 0.15) is 5.82 Å². The van der Waals surface area contributed by atoms with Gasteiger partial charge in [0, 0.05) is 32.1 Å². The number of aromatic nitrogens is 2. The largest absolute Gasteiger partial charge is 0.327 e. The van der Waals surface area contributed by atoms with Crippen LogP contribution in [0.3, 0.4) is 0 Å². The van der Waals surface area contributed by atoms with E-state index >= 15 is 0 Å². The standard InChI is InChI=1S/C11H18N4O2S/c12-9-3-1-5-14(8-9)18(16,17)11-7-13-10-4-2-6-15(10)11/h7,9H,1-6,8,12H2. The molecule has 2 N–H and O–H groups in total. The fourth-order valence-corrected chi connectivity index (χ4v) is 4.44. The quantitative estimate of drug-likeness (QED) is 0.816. The molecule has 1 atom stereocenters. The van der Waals surface area contributed by atoms with E-state index in [1.807, 2.05) is 4.57 Å². The third-order valence-electron chi connectivity index (χ3n) is 3.71. The Morgan fingerprint density at radius 2 is 2.17 bits per heavy atom. The van der Waals surface area contributed by atoms with Crippen LogP contribution in [0.2, 0.25) is 0 Å². The predicted molar refractivity (Wildman–Crippen MR) is 66.5 cm³/mol. The molecule has 1 unspecified atom stereocenters. The molecular weight excluding hydrogens is 252 g/mol. The van der Waals surface area contributed by atoms with Crippen LogP contribution in [0.1, 0.15) is 25.1 Å². The monoisotopic (exact) mass is 270 g/mol. The molecule has 0 bridgehead atoms. The van der Waals surface area contributed by atoms with Gasteiger partial charge in [-0.1, -0.05) is 0 Å².